The minimum atomic E-state index is -0.657. The van der Waals surface area contributed by atoms with E-state index in [2.05, 4.69) is 5.43 Å². The minimum absolute atomic E-state index is 0. The van der Waals surface area contributed by atoms with E-state index < -0.39 is 5.24 Å². The first-order valence-electron chi connectivity index (χ1n) is 9.35. The van der Waals surface area contributed by atoms with Crippen LogP contribution in [0.25, 0.3) is 0 Å². The second kappa shape index (κ2) is 13.9. The number of nitrogens with two attached hydrogens (primary N) is 1. The van der Waals surface area contributed by atoms with Gasteiger partial charge in [0.15, 0.2) is 5.78 Å². The van der Waals surface area contributed by atoms with Crippen molar-refractivity contribution < 1.29 is 14.3 Å². The van der Waals surface area contributed by atoms with Crippen molar-refractivity contribution in [1.29, 1.82) is 0 Å². The van der Waals surface area contributed by atoms with E-state index >= 15 is 0 Å². The van der Waals surface area contributed by atoms with Gasteiger partial charge < -0.3 is 4.74 Å². The lowest BCUT2D eigenvalue weighted by Gasteiger charge is -2.14. The van der Waals surface area contributed by atoms with Gasteiger partial charge >= 0.3 is 0 Å². The highest BCUT2D eigenvalue weighted by molar-refractivity contribution is 6.68. The Bertz CT molecular complexity index is 1010. The Morgan fingerprint density at radius 2 is 1.31 bits per heavy atom. The highest BCUT2D eigenvalue weighted by Gasteiger charge is 2.17. The largest absolute Gasteiger partial charge is 0.457 e. The zero-order valence-electron chi connectivity index (χ0n) is 18.0. The molecule has 0 saturated heterocycles. The normalized spacial score (nSPS) is 9.91. The average molecular weight is 498 g/mol. The van der Waals surface area contributed by atoms with Gasteiger partial charge in [0.05, 0.1) is 0 Å². The Balaban J connectivity index is 0.00000107. The predicted molar refractivity (Wildman–Crippen MR) is 135 cm³/mol. The summed E-state index contributed by atoms with van der Waals surface area (Å²) >= 11 is 5.56. The highest BCUT2D eigenvalue weighted by atomic mass is 35.5. The van der Waals surface area contributed by atoms with E-state index in [1.54, 1.807) is 42.5 Å². The molecule has 0 radical (unpaired) electrons. The molecular weight excluding hydrogens is 471 g/mol. The predicted octanol–water partition coefficient (Wildman–Crippen LogP) is 6.18. The average Bonchev–Trinajstić information content (AvgIpc) is 2.74. The first-order valence-corrected chi connectivity index (χ1v) is 9.73. The zero-order valence-corrected chi connectivity index (χ0v) is 20.4. The van der Waals surface area contributed by atoms with Crippen molar-refractivity contribution in [2.45, 2.75) is 26.3 Å². The van der Waals surface area contributed by atoms with Crippen LogP contribution in [0, 0.1) is 0 Å². The molecule has 172 valence electrons. The fraction of sp³-hybridized carbons (Fsp3) is 0.167. The SMILES string of the molecule is CC(C)(C)NN.Cl.Cl.O=C(Cl)c1ccccc1C(=O)c1cccc(Oc2ccccc2)c1. The van der Waals surface area contributed by atoms with Gasteiger partial charge in [-0.15, -0.1) is 24.8 Å². The molecule has 0 aliphatic rings. The van der Waals surface area contributed by atoms with Crippen LogP contribution in [-0.2, 0) is 0 Å². The Morgan fingerprint density at radius 3 is 1.84 bits per heavy atom. The molecule has 0 aromatic heterocycles. The van der Waals surface area contributed by atoms with Gasteiger partial charge in [0.25, 0.3) is 5.24 Å². The molecular formula is C24H27Cl3N2O3. The van der Waals surface area contributed by atoms with Crippen LogP contribution in [0.4, 0.5) is 0 Å². The molecule has 0 unspecified atom stereocenters. The number of rotatable bonds is 5. The second-order valence-electron chi connectivity index (χ2n) is 7.49. The standard InChI is InChI=1S/C20H13ClO3.C4H12N2.2ClH/c21-20(23)18-12-5-4-11-17(18)19(22)14-7-6-10-16(13-14)24-15-8-2-1-3-9-15;1-4(2,3)6-5;;/h1-13H;6H,5H2,1-3H3;2*1H. The molecule has 0 heterocycles. The van der Waals surface area contributed by atoms with Crippen molar-refractivity contribution in [1.82, 2.24) is 5.43 Å². The molecule has 0 spiro atoms. The number of carbonyl (C=O) groups excluding carboxylic acids is 2. The summed E-state index contributed by atoms with van der Waals surface area (Å²) in [5.74, 6) is 6.00. The number of nitrogens with one attached hydrogen (secondary N) is 1. The van der Waals surface area contributed by atoms with E-state index in [4.69, 9.17) is 22.2 Å². The van der Waals surface area contributed by atoms with Crippen molar-refractivity contribution in [3.63, 3.8) is 0 Å². The molecule has 3 aromatic carbocycles. The third kappa shape index (κ3) is 9.39. The molecule has 32 heavy (non-hydrogen) atoms. The Morgan fingerprint density at radius 1 is 0.812 bits per heavy atom. The number of hydrazine groups is 1. The number of hydrogen-bond donors (Lipinski definition) is 2. The van der Waals surface area contributed by atoms with Gasteiger partial charge in [-0.3, -0.25) is 20.9 Å². The summed E-state index contributed by atoms with van der Waals surface area (Å²) in [6.07, 6.45) is 0. The maximum Gasteiger partial charge on any atom is 0.253 e. The van der Waals surface area contributed by atoms with Crippen molar-refractivity contribution in [2.75, 3.05) is 0 Å². The van der Waals surface area contributed by atoms with E-state index in [0.29, 0.717) is 17.1 Å². The fourth-order valence-corrected chi connectivity index (χ4v) is 2.50. The third-order valence-corrected chi connectivity index (χ3v) is 4.10. The molecule has 0 aliphatic heterocycles. The number of halogens is 3. The Hall–Kier alpha value is -2.41. The van der Waals surface area contributed by atoms with Crippen LogP contribution in [0.2, 0.25) is 0 Å². The van der Waals surface area contributed by atoms with Gasteiger partial charge in [-0.05, 0) is 62.7 Å². The summed E-state index contributed by atoms with van der Waals surface area (Å²) in [4.78, 5) is 24.2. The van der Waals surface area contributed by atoms with Crippen molar-refractivity contribution in [3.8, 4) is 11.5 Å². The van der Waals surface area contributed by atoms with Crippen molar-refractivity contribution >= 4 is 47.4 Å². The quantitative estimate of drug-likeness (QED) is 0.190. The molecule has 3 rings (SSSR count). The lowest BCUT2D eigenvalue weighted by molar-refractivity contribution is 0.102. The monoisotopic (exact) mass is 496 g/mol. The van der Waals surface area contributed by atoms with E-state index in [1.165, 1.54) is 6.07 Å². The number of ketones is 1. The molecule has 8 heteroatoms. The van der Waals surface area contributed by atoms with E-state index in [1.807, 2.05) is 51.1 Å². The first-order chi connectivity index (χ1) is 14.2. The van der Waals surface area contributed by atoms with Crippen LogP contribution in [0.5, 0.6) is 11.5 Å². The molecule has 3 N–H and O–H groups in total. The summed E-state index contributed by atoms with van der Waals surface area (Å²) < 4.78 is 5.74. The lowest BCUT2D eigenvalue weighted by Crippen LogP contribution is -2.41. The molecule has 0 bridgehead atoms. The Labute approximate surface area is 206 Å². The van der Waals surface area contributed by atoms with Gasteiger partial charge in [-0.25, -0.2) is 0 Å². The molecule has 0 amide bonds. The van der Waals surface area contributed by atoms with Gasteiger partial charge in [0.2, 0.25) is 0 Å². The number of carbonyl (C=O) groups is 2. The molecule has 0 saturated carbocycles. The molecule has 5 nitrogen and oxygen atoms in total. The number of benzene rings is 3. The fourth-order valence-electron chi connectivity index (χ4n) is 2.33. The van der Waals surface area contributed by atoms with E-state index in [0.717, 1.165) is 0 Å². The summed E-state index contributed by atoms with van der Waals surface area (Å²) in [5.41, 5.74) is 3.56. The van der Waals surface area contributed by atoms with Crippen LogP contribution in [-0.4, -0.2) is 16.6 Å². The molecule has 0 atom stereocenters. The summed E-state index contributed by atoms with van der Waals surface area (Å²) in [7, 11) is 0. The first kappa shape index (κ1) is 29.6. The zero-order chi connectivity index (χ0) is 22.1. The minimum Gasteiger partial charge on any atom is -0.457 e. The van der Waals surface area contributed by atoms with Crippen molar-refractivity contribution in [2.24, 2.45) is 5.84 Å². The summed E-state index contributed by atoms with van der Waals surface area (Å²) in [6.45, 7) is 6.02. The van der Waals surface area contributed by atoms with Crippen molar-refractivity contribution in [3.05, 3.63) is 95.6 Å². The van der Waals surface area contributed by atoms with Gasteiger partial charge in [-0.2, -0.15) is 0 Å². The van der Waals surface area contributed by atoms with Gasteiger partial charge in [0.1, 0.15) is 11.5 Å². The van der Waals surface area contributed by atoms with Crippen LogP contribution in [0.15, 0.2) is 78.9 Å². The highest BCUT2D eigenvalue weighted by Crippen LogP contribution is 2.24. The maximum atomic E-state index is 12.7. The smallest absolute Gasteiger partial charge is 0.253 e. The number of hydrogen-bond acceptors (Lipinski definition) is 5. The van der Waals surface area contributed by atoms with E-state index in [-0.39, 0.29) is 47.3 Å². The topological polar surface area (TPSA) is 81.4 Å². The number of para-hydroxylation sites is 1. The van der Waals surface area contributed by atoms with Gasteiger partial charge in [-0.1, -0.05) is 48.5 Å². The molecule has 3 aromatic rings. The molecule has 0 aliphatic carbocycles. The maximum absolute atomic E-state index is 12.7. The van der Waals surface area contributed by atoms with Crippen LogP contribution in [0.1, 0.15) is 47.1 Å². The summed E-state index contributed by atoms with van der Waals surface area (Å²) in [6, 6.07) is 22.6. The van der Waals surface area contributed by atoms with Crippen LogP contribution >= 0.6 is 36.4 Å². The van der Waals surface area contributed by atoms with E-state index in [9.17, 15) is 9.59 Å². The second-order valence-corrected chi connectivity index (χ2v) is 7.83. The summed E-state index contributed by atoms with van der Waals surface area (Å²) in [5, 5.41) is -0.657. The molecule has 0 fully saturated rings. The van der Waals surface area contributed by atoms with Crippen LogP contribution in [0.3, 0.4) is 0 Å². The van der Waals surface area contributed by atoms with Gasteiger partial charge in [0, 0.05) is 22.2 Å². The third-order valence-electron chi connectivity index (χ3n) is 3.89. The lowest BCUT2D eigenvalue weighted by atomic mass is 9.99. The number of ether oxygens (including phenoxy) is 1. The van der Waals surface area contributed by atoms with Crippen LogP contribution < -0.4 is 16.0 Å². The Kier molecular flexibility index (Phi) is 12.8.